The smallest absolute Gasteiger partial charge is 0.0596 e. The minimum absolute atomic E-state index is 0.948. The number of aromatic nitrogens is 3. The van der Waals surface area contributed by atoms with Gasteiger partial charge in [0.05, 0.1) is 5.69 Å². The zero-order chi connectivity index (χ0) is 13.0. The van der Waals surface area contributed by atoms with E-state index in [1.54, 1.807) is 0 Å². The van der Waals surface area contributed by atoms with E-state index < -0.39 is 0 Å². The highest BCUT2D eigenvalue weighted by Gasteiger charge is 2.00. The second kappa shape index (κ2) is 5.67. The molecule has 2 aromatic heterocycles. The average Bonchev–Trinajstić information content (AvgIpc) is 2.65. The summed E-state index contributed by atoms with van der Waals surface area (Å²) in [6.45, 7) is 8.10. The lowest BCUT2D eigenvalue weighted by atomic mass is 10.2. The molecule has 0 saturated heterocycles. The monoisotopic (exact) mass is 244 g/mol. The quantitative estimate of drug-likeness (QED) is 0.822. The van der Waals surface area contributed by atoms with Crippen LogP contribution in [0.4, 0.5) is 5.69 Å². The fraction of sp³-hybridized carbons (Fsp3) is 0.429. The van der Waals surface area contributed by atoms with Crippen molar-refractivity contribution >= 4 is 5.69 Å². The third-order valence-corrected chi connectivity index (χ3v) is 2.99. The van der Waals surface area contributed by atoms with Crippen molar-refractivity contribution in [1.29, 1.82) is 0 Å². The number of hydrogen-bond acceptors (Lipinski definition) is 3. The zero-order valence-electron chi connectivity index (χ0n) is 11.3. The Morgan fingerprint density at radius 2 is 2.11 bits per heavy atom. The molecule has 4 heteroatoms. The van der Waals surface area contributed by atoms with Gasteiger partial charge in [0.1, 0.15) is 0 Å². The molecule has 2 aromatic rings. The Kier molecular flexibility index (Phi) is 3.97. The highest BCUT2D eigenvalue weighted by atomic mass is 15.3. The van der Waals surface area contributed by atoms with Crippen LogP contribution in [0, 0.1) is 20.8 Å². The average molecular weight is 244 g/mol. The number of nitrogens with zero attached hydrogens (tertiary/aromatic N) is 3. The summed E-state index contributed by atoms with van der Waals surface area (Å²) in [5, 5.41) is 7.88. The van der Waals surface area contributed by atoms with Crippen molar-refractivity contribution in [2.75, 3.05) is 11.9 Å². The van der Waals surface area contributed by atoms with Crippen LogP contribution in [0.3, 0.4) is 0 Å². The standard InChI is InChI=1S/C14H20N4/c1-11-10-15-7-5-14(11)16-6-4-8-18-13(3)9-12(2)17-18/h5,7,9-10H,4,6,8H2,1-3H3,(H,15,16). The summed E-state index contributed by atoms with van der Waals surface area (Å²) in [5.74, 6) is 0. The molecule has 0 aliphatic rings. The van der Waals surface area contributed by atoms with Crippen LogP contribution < -0.4 is 5.32 Å². The topological polar surface area (TPSA) is 42.7 Å². The lowest BCUT2D eigenvalue weighted by molar-refractivity contribution is 0.573. The summed E-state index contributed by atoms with van der Waals surface area (Å²) in [5.41, 5.74) is 4.67. The second-order valence-corrected chi connectivity index (χ2v) is 4.62. The van der Waals surface area contributed by atoms with E-state index in [-0.39, 0.29) is 0 Å². The molecule has 0 amide bonds. The van der Waals surface area contributed by atoms with E-state index >= 15 is 0 Å². The van der Waals surface area contributed by atoms with Gasteiger partial charge in [-0.1, -0.05) is 0 Å². The van der Waals surface area contributed by atoms with Crippen LogP contribution in [0.15, 0.2) is 24.5 Å². The normalized spacial score (nSPS) is 10.6. The molecule has 18 heavy (non-hydrogen) atoms. The molecule has 0 spiro atoms. The van der Waals surface area contributed by atoms with Gasteiger partial charge in [0.25, 0.3) is 0 Å². The molecule has 0 fully saturated rings. The summed E-state index contributed by atoms with van der Waals surface area (Å²) in [4.78, 5) is 4.08. The number of rotatable bonds is 5. The summed E-state index contributed by atoms with van der Waals surface area (Å²) >= 11 is 0. The number of aryl methyl sites for hydroxylation is 4. The third-order valence-electron chi connectivity index (χ3n) is 2.99. The van der Waals surface area contributed by atoms with Crippen LogP contribution >= 0.6 is 0 Å². The zero-order valence-corrected chi connectivity index (χ0v) is 11.3. The van der Waals surface area contributed by atoms with Gasteiger partial charge >= 0.3 is 0 Å². The van der Waals surface area contributed by atoms with Gasteiger partial charge in [-0.2, -0.15) is 5.10 Å². The summed E-state index contributed by atoms with van der Waals surface area (Å²) in [6.07, 6.45) is 4.75. The minimum Gasteiger partial charge on any atom is -0.385 e. The molecular formula is C14H20N4. The summed E-state index contributed by atoms with van der Waals surface area (Å²) < 4.78 is 2.07. The van der Waals surface area contributed by atoms with Crippen molar-refractivity contribution in [1.82, 2.24) is 14.8 Å². The molecule has 4 nitrogen and oxygen atoms in total. The Bertz CT molecular complexity index is 516. The van der Waals surface area contributed by atoms with E-state index in [2.05, 4.69) is 40.0 Å². The van der Waals surface area contributed by atoms with Gasteiger partial charge in [0.2, 0.25) is 0 Å². The molecule has 2 rings (SSSR count). The van der Waals surface area contributed by atoms with E-state index in [9.17, 15) is 0 Å². The molecule has 0 aromatic carbocycles. The molecule has 2 heterocycles. The molecule has 0 aliphatic carbocycles. The maximum absolute atomic E-state index is 4.45. The van der Waals surface area contributed by atoms with E-state index in [0.717, 1.165) is 25.2 Å². The Labute approximate surface area is 108 Å². The summed E-state index contributed by atoms with van der Waals surface area (Å²) in [7, 11) is 0. The molecule has 0 saturated carbocycles. The molecule has 0 radical (unpaired) electrons. The first-order chi connectivity index (χ1) is 8.66. The summed E-state index contributed by atoms with van der Waals surface area (Å²) in [6, 6.07) is 4.12. The van der Waals surface area contributed by atoms with Crippen molar-refractivity contribution in [3.05, 3.63) is 41.5 Å². The van der Waals surface area contributed by atoms with Gasteiger partial charge in [-0.3, -0.25) is 9.67 Å². The van der Waals surface area contributed by atoms with E-state index in [1.807, 2.05) is 25.4 Å². The Hall–Kier alpha value is -1.84. The van der Waals surface area contributed by atoms with Gasteiger partial charge in [-0.05, 0) is 44.9 Å². The minimum atomic E-state index is 0.948. The highest BCUT2D eigenvalue weighted by molar-refractivity contribution is 5.48. The first-order valence-corrected chi connectivity index (χ1v) is 6.32. The largest absolute Gasteiger partial charge is 0.385 e. The molecule has 96 valence electrons. The fourth-order valence-electron chi connectivity index (χ4n) is 2.02. The van der Waals surface area contributed by atoms with Crippen molar-refractivity contribution in [2.45, 2.75) is 33.7 Å². The molecule has 0 atom stereocenters. The number of hydrogen-bond donors (Lipinski definition) is 1. The highest BCUT2D eigenvalue weighted by Crippen LogP contribution is 2.11. The van der Waals surface area contributed by atoms with Gasteiger partial charge in [-0.25, -0.2) is 0 Å². The fourth-order valence-corrected chi connectivity index (χ4v) is 2.02. The van der Waals surface area contributed by atoms with Gasteiger partial charge in [0, 0.05) is 36.9 Å². The van der Waals surface area contributed by atoms with Crippen molar-refractivity contribution in [3.8, 4) is 0 Å². The van der Waals surface area contributed by atoms with Crippen LogP contribution in [0.5, 0.6) is 0 Å². The van der Waals surface area contributed by atoms with E-state index in [1.165, 1.54) is 16.9 Å². The number of nitrogens with one attached hydrogen (secondary N) is 1. The molecule has 0 bridgehead atoms. The maximum Gasteiger partial charge on any atom is 0.0596 e. The van der Waals surface area contributed by atoms with Gasteiger partial charge < -0.3 is 5.32 Å². The number of anilines is 1. The van der Waals surface area contributed by atoms with E-state index in [4.69, 9.17) is 0 Å². The SMILES string of the molecule is Cc1cc(C)n(CCCNc2ccncc2C)n1. The van der Waals surface area contributed by atoms with Crippen LogP contribution in [0.2, 0.25) is 0 Å². The van der Waals surface area contributed by atoms with E-state index in [0.29, 0.717) is 0 Å². The molecule has 0 unspecified atom stereocenters. The van der Waals surface area contributed by atoms with Crippen molar-refractivity contribution in [2.24, 2.45) is 0 Å². The Morgan fingerprint density at radius 3 is 2.78 bits per heavy atom. The Morgan fingerprint density at radius 1 is 1.28 bits per heavy atom. The first-order valence-electron chi connectivity index (χ1n) is 6.32. The third kappa shape index (κ3) is 3.09. The van der Waals surface area contributed by atoms with Crippen molar-refractivity contribution < 1.29 is 0 Å². The molecular weight excluding hydrogens is 224 g/mol. The van der Waals surface area contributed by atoms with Crippen molar-refractivity contribution in [3.63, 3.8) is 0 Å². The van der Waals surface area contributed by atoms with Crippen LogP contribution in [0.25, 0.3) is 0 Å². The van der Waals surface area contributed by atoms with Crippen LogP contribution in [-0.4, -0.2) is 21.3 Å². The van der Waals surface area contributed by atoms with Crippen LogP contribution in [0.1, 0.15) is 23.4 Å². The predicted octanol–water partition coefficient (Wildman–Crippen LogP) is 2.71. The number of pyridine rings is 1. The molecule has 1 N–H and O–H groups in total. The van der Waals surface area contributed by atoms with Gasteiger partial charge in [0.15, 0.2) is 0 Å². The maximum atomic E-state index is 4.45. The lowest BCUT2D eigenvalue weighted by Crippen LogP contribution is -2.09. The molecule has 0 aliphatic heterocycles. The second-order valence-electron chi connectivity index (χ2n) is 4.62. The van der Waals surface area contributed by atoms with Gasteiger partial charge in [-0.15, -0.1) is 0 Å². The lowest BCUT2D eigenvalue weighted by Gasteiger charge is -2.09. The first kappa shape index (κ1) is 12.6. The Balaban J connectivity index is 1.80. The predicted molar refractivity (Wildman–Crippen MR) is 73.8 cm³/mol. The van der Waals surface area contributed by atoms with Crippen LogP contribution in [-0.2, 0) is 6.54 Å².